The van der Waals surface area contributed by atoms with Crippen molar-refractivity contribution < 1.29 is 4.79 Å². The van der Waals surface area contributed by atoms with E-state index in [9.17, 15) is 4.79 Å². The highest BCUT2D eigenvalue weighted by molar-refractivity contribution is 5.96. The molecule has 0 saturated carbocycles. The predicted octanol–water partition coefficient (Wildman–Crippen LogP) is 2.93. The molecule has 0 saturated heterocycles. The monoisotopic (exact) mass is 262 g/mol. The van der Waals surface area contributed by atoms with Crippen molar-refractivity contribution in [2.75, 3.05) is 18.5 Å². The van der Waals surface area contributed by atoms with E-state index in [0.29, 0.717) is 6.54 Å². The van der Waals surface area contributed by atoms with Gasteiger partial charge in [-0.3, -0.25) is 4.79 Å². The third-order valence-electron chi connectivity index (χ3n) is 3.51. The first kappa shape index (κ1) is 15.7. The Labute approximate surface area is 116 Å². The highest BCUT2D eigenvalue weighted by Crippen LogP contribution is 2.26. The van der Waals surface area contributed by atoms with Crippen LogP contribution in [0, 0.1) is 5.41 Å². The third kappa shape index (κ3) is 3.57. The molecule has 3 nitrogen and oxygen atoms in total. The molecule has 0 aliphatic carbocycles. The molecule has 1 amide bonds. The van der Waals surface area contributed by atoms with Gasteiger partial charge in [0.25, 0.3) is 0 Å². The second kappa shape index (κ2) is 5.33. The van der Waals surface area contributed by atoms with Crippen molar-refractivity contribution >= 4 is 11.6 Å². The van der Waals surface area contributed by atoms with E-state index in [4.69, 9.17) is 5.73 Å². The van der Waals surface area contributed by atoms with E-state index < -0.39 is 5.41 Å². The zero-order valence-corrected chi connectivity index (χ0v) is 12.9. The normalized spacial score (nSPS) is 12.4. The summed E-state index contributed by atoms with van der Waals surface area (Å²) in [5.41, 5.74) is 7.41. The molecule has 19 heavy (non-hydrogen) atoms. The van der Waals surface area contributed by atoms with Crippen molar-refractivity contribution in [3.05, 3.63) is 29.8 Å². The second-order valence-electron chi connectivity index (χ2n) is 6.75. The maximum absolute atomic E-state index is 12.3. The Morgan fingerprint density at radius 3 is 1.95 bits per heavy atom. The number of amides is 1. The second-order valence-corrected chi connectivity index (χ2v) is 6.75. The minimum Gasteiger partial charge on any atom is -0.329 e. The summed E-state index contributed by atoms with van der Waals surface area (Å²) >= 11 is 0. The van der Waals surface area contributed by atoms with Crippen LogP contribution in [0.2, 0.25) is 0 Å². The molecule has 1 aromatic carbocycles. The van der Waals surface area contributed by atoms with Gasteiger partial charge in [-0.2, -0.15) is 0 Å². The van der Waals surface area contributed by atoms with E-state index in [0.717, 1.165) is 5.69 Å². The Balaban J connectivity index is 2.96. The molecule has 1 rings (SSSR count). The van der Waals surface area contributed by atoms with Crippen LogP contribution in [-0.4, -0.2) is 19.5 Å². The Kier molecular flexibility index (Phi) is 4.41. The third-order valence-corrected chi connectivity index (χ3v) is 3.51. The zero-order valence-electron chi connectivity index (χ0n) is 12.9. The SMILES string of the molecule is CN(C(=O)C(C)(C)CN)c1ccc(C(C)(C)C)cc1. The van der Waals surface area contributed by atoms with E-state index in [1.807, 2.05) is 26.0 Å². The summed E-state index contributed by atoms with van der Waals surface area (Å²) in [4.78, 5) is 14.0. The number of anilines is 1. The van der Waals surface area contributed by atoms with Crippen molar-refractivity contribution in [1.29, 1.82) is 0 Å². The maximum atomic E-state index is 12.3. The van der Waals surface area contributed by atoms with E-state index in [1.165, 1.54) is 5.56 Å². The molecule has 0 aliphatic rings. The van der Waals surface area contributed by atoms with Crippen LogP contribution in [0.15, 0.2) is 24.3 Å². The summed E-state index contributed by atoms with van der Waals surface area (Å²) in [5.74, 6) is 0.0403. The molecule has 0 aliphatic heterocycles. The molecule has 0 radical (unpaired) electrons. The summed E-state index contributed by atoms with van der Waals surface area (Å²) in [7, 11) is 1.80. The average molecular weight is 262 g/mol. The molecule has 0 bridgehead atoms. The van der Waals surface area contributed by atoms with Crippen LogP contribution in [0.1, 0.15) is 40.2 Å². The lowest BCUT2D eigenvalue weighted by atomic mass is 9.87. The molecule has 0 spiro atoms. The van der Waals surface area contributed by atoms with Crippen LogP contribution in [0.3, 0.4) is 0 Å². The van der Waals surface area contributed by atoms with Crippen LogP contribution in [0.25, 0.3) is 0 Å². The van der Waals surface area contributed by atoms with Crippen LogP contribution in [0.5, 0.6) is 0 Å². The number of carbonyl (C=O) groups is 1. The van der Waals surface area contributed by atoms with Gasteiger partial charge in [0.2, 0.25) is 5.91 Å². The Morgan fingerprint density at radius 1 is 1.11 bits per heavy atom. The van der Waals surface area contributed by atoms with Crippen LogP contribution < -0.4 is 10.6 Å². The lowest BCUT2D eigenvalue weighted by Gasteiger charge is -2.28. The number of nitrogens with two attached hydrogens (primary N) is 1. The van der Waals surface area contributed by atoms with Gasteiger partial charge in [0.1, 0.15) is 0 Å². The van der Waals surface area contributed by atoms with Crippen molar-refractivity contribution in [2.45, 2.75) is 40.0 Å². The topological polar surface area (TPSA) is 46.3 Å². The molecular formula is C16H26N2O. The number of nitrogens with zero attached hydrogens (tertiary/aromatic N) is 1. The largest absolute Gasteiger partial charge is 0.329 e. The van der Waals surface area contributed by atoms with Gasteiger partial charge in [0.05, 0.1) is 5.41 Å². The van der Waals surface area contributed by atoms with Crippen molar-refractivity contribution in [3.8, 4) is 0 Å². The Bertz CT molecular complexity index is 441. The first-order chi connectivity index (χ1) is 8.59. The van der Waals surface area contributed by atoms with Gasteiger partial charge in [0, 0.05) is 19.3 Å². The first-order valence-electron chi connectivity index (χ1n) is 6.68. The number of hydrogen-bond donors (Lipinski definition) is 1. The minimum atomic E-state index is -0.530. The number of benzene rings is 1. The lowest BCUT2D eigenvalue weighted by molar-refractivity contribution is -0.125. The Hall–Kier alpha value is -1.35. The summed E-state index contributed by atoms with van der Waals surface area (Å²) in [6, 6.07) is 8.14. The van der Waals surface area contributed by atoms with Gasteiger partial charge in [-0.25, -0.2) is 0 Å². The van der Waals surface area contributed by atoms with Crippen LogP contribution in [-0.2, 0) is 10.2 Å². The molecule has 1 aromatic rings. The van der Waals surface area contributed by atoms with Gasteiger partial charge in [0.15, 0.2) is 0 Å². The molecule has 106 valence electrons. The smallest absolute Gasteiger partial charge is 0.233 e. The average Bonchev–Trinajstić information content (AvgIpc) is 2.36. The predicted molar refractivity (Wildman–Crippen MR) is 81.4 cm³/mol. The lowest BCUT2D eigenvalue weighted by Crippen LogP contribution is -2.42. The van der Waals surface area contributed by atoms with Crippen molar-refractivity contribution in [3.63, 3.8) is 0 Å². The molecule has 3 heteroatoms. The fourth-order valence-corrected chi connectivity index (χ4v) is 1.84. The van der Waals surface area contributed by atoms with E-state index in [2.05, 4.69) is 32.9 Å². The number of rotatable bonds is 3. The summed E-state index contributed by atoms with van der Waals surface area (Å²) < 4.78 is 0. The Morgan fingerprint density at radius 2 is 1.58 bits per heavy atom. The van der Waals surface area contributed by atoms with E-state index in [-0.39, 0.29) is 11.3 Å². The summed E-state index contributed by atoms with van der Waals surface area (Å²) in [5, 5.41) is 0. The molecule has 0 atom stereocenters. The van der Waals surface area contributed by atoms with Gasteiger partial charge in [-0.1, -0.05) is 32.9 Å². The van der Waals surface area contributed by atoms with Crippen molar-refractivity contribution in [1.82, 2.24) is 0 Å². The molecule has 0 fully saturated rings. The molecule has 2 N–H and O–H groups in total. The summed E-state index contributed by atoms with van der Waals surface area (Å²) in [6.45, 7) is 10.6. The first-order valence-corrected chi connectivity index (χ1v) is 6.68. The van der Waals surface area contributed by atoms with Crippen LogP contribution >= 0.6 is 0 Å². The van der Waals surface area contributed by atoms with Crippen LogP contribution in [0.4, 0.5) is 5.69 Å². The van der Waals surface area contributed by atoms with E-state index in [1.54, 1.807) is 11.9 Å². The van der Waals surface area contributed by atoms with Gasteiger partial charge >= 0.3 is 0 Å². The fourth-order valence-electron chi connectivity index (χ4n) is 1.84. The number of hydrogen-bond acceptors (Lipinski definition) is 2. The standard InChI is InChI=1S/C16H26N2O/c1-15(2,3)12-7-9-13(10-8-12)18(6)14(19)16(4,5)11-17/h7-10H,11,17H2,1-6H3. The molecule has 0 heterocycles. The highest BCUT2D eigenvalue weighted by atomic mass is 16.2. The van der Waals surface area contributed by atoms with Gasteiger partial charge in [-0.05, 0) is 37.0 Å². The van der Waals surface area contributed by atoms with E-state index >= 15 is 0 Å². The zero-order chi connectivity index (χ0) is 14.8. The minimum absolute atomic E-state index is 0.0403. The molecular weight excluding hydrogens is 236 g/mol. The van der Waals surface area contributed by atoms with Crippen molar-refractivity contribution in [2.24, 2.45) is 11.1 Å². The van der Waals surface area contributed by atoms with Gasteiger partial charge in [-0.15, -0.1) is 0 Å². The maximum Gasteiger partial charge on any atom is 0.233 e. The van der Waals surface area contributed by atoms with Gasteiger partial charge < -0.3 is 10.6 Å². The quantitative estimate of drug-likeness (QED) is 0.910. The molecule has 0 aromatic heterocycles. The molecule has 0 unspecified atom stereocenters. The number of carbonyl (C=O) groups excluding carboxylic acids is 1. The summed E-state index contributed by atoms with van der Waals surface area (Å²) in [6.07, 6.45) is 0. The highest BCUT2D eigenvalue weighted by Gasteiger charge is 2.29. The fraction of sp³-hybridized carbons (Fsp3) is 0.562.